The SMILES string of the molecule is CCN(Cc1cccs1)C(=O)CSc1nnnn1-c1cccc(C)c1. The van der Waals surface area contributed by atoms with E-state index in [4.69, 9.17) is 0 Å². The Balaban J connectivity index is 1.65. The first-order valence-corrected chi connectivity index (χ1v) is 9.82. The Labute approximate surface area is 154 Å². The van der Waals surface area contributed by atoms with Gasteiger partial charge in [-0.05, 0) is 53.4 Å². The number of tetrazole rings is 1. The highest BCUT2D eigenvalue weighted by molar-refractivity contribution is 7.99. The zero-order valence-corrected chi connectivity index (χ0v) is 15.8. The number of aromatic nitrogens is 4. The van der Waals surface area contributed by atoms with E-state index >= 15 is 0 Å². The van der Waals surface area contributed by atoms with Crippen molar-refractivity contribution in [1.82, 2.24) is 25.1 Å². The van der Waals surface area contributed by atoms with Crippen molar-refractivity contribution < 1.29 is 4.79 Å². The fourth-order valence-electron chi connectivity index (χ4n) is 2.38. The van der Waals surface area contributed by atoms with E-state index in [1.807, 2.05) is 60.5 Å². The van der Waals surface area contributed by atoms with Gasteiger partial charge in [0.15, 0.2) is 0 Å². The number of hydrogen-bond acceptors (Lipinski definition) is 6. The van der Waals surface area contributed by atoms with Crippen molar-refractivity contribution >= 4 is 29.0 Å². The Morgan fingerprint density at radius 1 is 1.32 bits per heavy atom. The highest BCUT2D eigenvalue weighted by atomic mass is 32.2. The highest BCUT2D eigenvalue weighted by Crippen LogP contribution is 2.20. The normalized spacial score (nSPS) is 10.8. The summed E-state index contributed by atoms with van der Waals surface area (Å²) < 4.78 is 1.67. The van der Waals surface area contributed by atoms with Gasteiger partial charge in [-0.3, -0.25) is 4.79 Å². The molecule has 130 valence electrons. The second-order valence-corrected chi connectivity index (χ2v) is 7.46. The maximum atomic E-state index is 12.5. The van der Waals surface area contributed by atoms with E-state index in [0.29, 0.717) is 24.0 Å². The minimum absolute atomic E-state index is 0.0830. The fraction of sp³-hybridized carbons (Fsp3) is 0.294. The number of aryl methyl sites for hydroxylation is 1. The van der Waals surface area contributed by atoms with Crippen LogP contribution in [-0.4, -0.2) is 43.3 Å². The average Bonchev–Trinajstić information content (AvgIpc) is 3.29. The van der Waals surface area contributed by atoms with E-state index in [0.717, 1.165) is 11.3 Å². The Bertz CT molecular complexity index is 831. The molecule has 2 aromatic heterocycles. The molecule has 0 aliphatic heterocycles. The Hall–Kier alpha value is -2.19. The number of thiophene rings is 1. The zero-order chi connectivity index (χ0) is 17.6. The van der Waals surface area contributed by atoms with Gasteiger partial charge in [-0.1, -0.05) is 30.0 Å². The van der Waals surface area contributed by atoms with Crippen molar-refractivity contribution in [2.45, 2.75) is 25.5 Å². The number of nitrogens with zero attached hydrogens (tertiary/aromatic N) is 5. The van der Waals surface area contributed by atoms with Crippen LogP contribution in [0.25, 0.3) is 5.69 Å². The number of hydrogen-bond donors (Lipinski definition) is 0. The summed E-state index contributed by atoms with van der Waals surface area (Å²) in [6.45, 7) is 5.34. The van der Waals surface area contributed by atoms with Crippen LogP contribution in [0.2, 0.25) is 0 Å². The van der Waals surface area contributed by atoms with Crippen LogP contribution in [0, 0.1) is 6.92 Å². The van der Waals surface area contributed by atoms with Gasteiger partial charge in [0.1, 0.15) is 0 Å². The van der Waals surface area contributed by atoms with E-state index in [2.05, 4.69) is 15.5 Å². The molecular weight excluding hydrogens is 354 g/mol. The summed E-state index contributed by atoms with van der Waals surface area (Å²) in [6, 6.07) is 12.0. The molecule has 0 saturated heterocycles. The molecule has 0 fully saturated rings. The smallest absolute Gasteiger partial charge is 0.233 e. The lowest BCUT2D eigenvalue weighted by molar-refractivity contribution is -0.128. The number of carbonyl (C=O) groups excluding carboxylic acids is 1. The molecule has 0 unspecified atom stereocenters. The molecule has 0 N–H and O–H groups in total. The van der Waals surface area contributed by atoms with Crippen molar-refractivity contribution in [3.05, 3.63) is 52.2 Å². The summed E-state index contributed by atoms with van der Waals surface area (Å²) in [5, 5.41) is 14.5. The van der Waals surface area contributed by atoms with Crippen LogP contribution in [0.4, 0.5) is 0 Å². The van der Waals surface area contributed by atoms with Gasteiger partial charge in [-0.15, -0.1) is 16.4 Å². The van der Waals surface area contributed by atoms with Crippen molar-refractivity contribution in [3.63, 3.8) is 0 Å². The van der Waals surface area contributed by atoms with E-state index in [-0.39, 0.29) is 5.91 Å². The minimum Gasteiger partial charge on any atom is -0.337 e. The van der Waals surface area contributed by atoms with Crippen LogP contribution >= 0.6 is 23.1 Å². The molecule has 6 nitrogen and oxygen atoms in total. The van der Waals surface area contributed by atoms with Gasteiger partial charge in [-0.2, -0.15) is 4.68 Å². The van der Waals surface area contributed by atoms with Crippen LogP contribution in [0.3, 0.4) is 0 Å². The molecule has 0 aliphatic rings. The third-order valence-corrected chi connectivity index (χ3v) is 5.44. The van der Waals surface area contributed by atoms with Crippen LogP contribution in [0.15, 0.2) is 46.9 Å². The average molecular weight is 374 g/mol. The minimum atomic E-state index is 0.0830. The quantitative estimate of drug-likeness (QED) is 0.595. The maximum absolute atomic E-state index is 12.5. The summed E-state index contributed by atoms with van der Waals surface area (Å²) in [7, 11) is 0. The predicted molar refractivity (Wildman–Crippen MR) is 100 cm³/mol. The van der Waals surface area contributed by atoms with Gasteiger partial charge in [0.25, 0.3) is 0 Å². The second kappa shape index (κ2) is 8.26. The van der Waals surface area contributed by atoms with Crippen LogP contribution < -0.4 is 0 Å². The first kappa shape index (κ1) is 17.6. The van der Waals surface area contributed by atoms with Crippen molar-refractivity contribution in [3.8, 4) is 5.69 Å². The molecule has 1 aromatic carbocycles. The molecule has 0 bridgehead atoms. The summed E-state index contributed by atoms with van der Waals surface area (Å²) in [6.07, 6.45) is 0. The van der Waals surface area contributed by atoms with E-state index in [9.17, 15) is 4.79 Å². The summed E-state index contributed by atoms with van der Waals surface area (Å²) in [4.78, 5) is 15.6. The molecule has 2 heterocycles. The van der Waals surface area contributed by atoms with Gasteiger partial charge in [0, 0.05) is 11.4 Å². The highest BCUT2D eigenvalue weighted by Gasteiger charge is 2.16. The molecule has 8 heteroatoms. The second-order valence-electron chi connectivity index (χ2n) is 5.49. The van der Waals surface area contributed by atoms with Crippen molar-refractivity contribution in [1.29, 1.82) is 0 Å². The monoisotopic (exact) mass is 373 g/mol. The zero-order valence-electron chi connectivity index (χ0n) is 14.1. The standard InChI is InChI=1S/C17H19N5OS2/c1-3-21(11-15-8-5-9-24-15)16(23)12-25-17-18-19-20-22(17)14-7-4-6-13(2)10-14/h4-10H,3,11-12H2,1-2H3. The van der Waals surface area contributed by atoms with Gasteiger partial charge in [0.05, 0.1) is 18.0 Å². The summed E-state index contributed by atoms with van der Waals surface area (Å²) in [5.41, 5.74) is 2.03. The molecule has 0 atom stereocenters. The molecule has 25 heavy (non-hydrogen) atoms. The largest absolute Gasteiger partial charge is 0.337 e. The summed E-state index contributed by atoms with van der Waals surface area (Å²) >= 11 is 3.02. The molecule has 0 radical (unpaired) electrons. The first-order chi connectivity index (χ1) is 12.2. The third-order valence-electron chi connectivity index (χ3n) is 3.67. The number of rotatable bonds is 7. The van der Waals surface area contributed by atoms with Crippen LogP contribution in [0.5, 0.6) is 0 Å². The Morgan fingerprint density at radius 3 is 2.92 bits per heavy atom. The molecule has 1 amide bonds. The number of thioether (sulfide) groups is 1. The first-order valence-electron chi connectivity index (χ1n) is 7.95. The molecule has 3 aromatic rings. The van der Waals surface area contributed by atoms with Gasteiger partial charge in [0.2, 0.25) is 11.1 Å². The lowest BCUT2D eigenvalue weighted by Gasteiger charge is -2.19. The molecule has 0 saturated carbocycles. The lowest BCUT2D eigenvalue weighted by atomic mass is 10.2. The predicted octanol–water partition coefficient (Wildman–Crippen LogP) is 3.17. The molecular formula is C17H19N5OS2. The van der Waals surface area contributed by atoms with E-state index < -0.39 is 0 Å². The van der Waals surface area contributed by atoms with Crippen molar-refractivity contribution in [2.24, 2.45) is 0 Å². The molecule has 0 spiro atoms. The van der Waals surface area contributed by atoms with Crippen LogP contribution in [-0.2, 0) is 11.3 Å². The number of amides is 1. The maximum Gasteiger partial charge on any atom is 0.233 e. The van der Waals surface area contributed by atoms with E-state index in [1.165, 1.54) is 16.6 Å². The number of benzene rings is 1. The topological polar surface area (TPSA) is 63.9 Å². The van der Waals surface area contributed by atoms with Gasteiger partial charge < -0.3 is 4.90 Å². The van der Waals surface area contributed by atoms with E-state index in [1.54, 1.807) is 16.0 Å². The van der Waals surface area contributed by atoms with Crippen LogP contribution in [0.1, 0.15) is 17.4 Å². The number of carbonyl (C=O) groups is 1. The van der Waals surface area contributed by atoms with Gasteiger partial charge in [-0.25, -0.2) is 0 Å². The Morgan fingerprint density at radius 2 is 2.20 bits per heavy atom. The molecule has 0 aliphatic carbocycles. The lowest BCUT2D eigenvalue weighted by Crippen LogP contribution is -2.31. The Kier molecular flexibility index (Phi) is 5.83. The van der Waals surface area contributed by atoms with Gasteiger partial charge >= 0.3 is 0 Å². The van der Waals surface area contributed by atoms with Crippen molar-refractivity contribution in [2.75, 3.05) is 12.3 Å². The summed E-state index contributed by atoms with van der Waals surface area (Å²) in [5.74, 6) is 0.394. The fourth-order valence-corrected chi connectivity index (χ4v) is 3.89. The third kappa shape index (κ3) is 4.46. The molecule has 3 rings (SSSR count).